The monoisotopic (exact) mass is 437 g/mol. The molecule has 1 radical (unpaired) electrons. The van der Waals surface area contributed by atoms with Gasteiger partial charge in [0.25, 0.3) is 0 Å². The molecule has 1 aromatic heterocycles. The van der Waals surface area contributed by atoms with Gasteiger partial charge in [-0.15, -0.1) is 6.92 Å². The van der Waals surface area contributed by atoms with Crippen molar-refractivity contribution in [3.63, 3.8) is 0 Å². The van der Waals surface area contributed by atoms with Crippen LogP contribution in [0.1, 0.15) is 34.6 Å². The van der Waals surface area contributed by atoms with Gasteiger partial charge in [0.1, 0.15) is 22.8 Å². The number of hydrogen-bond acceptors (Lipinski definition) is 9. The summed E-state index contributed by atoms with van der Waals surface area (Å²) in [7, 11) is 0. The van der Waals surface area contributed by atoms with Crippen molar-refractivity contribution in [3.8, 4) is 0 Å². The molecule has 0 spiro atoms. The van der Waals surface area contributed by atoms with Gasteiger partial charge >= 0.3 is 0 Å². The Bertz CT molecular complexity index is 539. The molecule has 0 saturated carbocycles. The van der Waals surface area contributed by atoms with E-state index < -0.39 is 0 Å². The summed E-state index contributed by atoms with van der Waals surface area (Å²) in [6.07, 6.45) is 9.73. The summed E-state index contributed by atoms with van der Waals surface area (Å²) in [5.74, 6) is 0. The molecule has 10 heteroatoms. The van der Waals surface area contributed by atoms with Crippen molar-refractivity contribution < 1.29 is 37.6 Å². The van der Waals surface area contributed by atoms with Gasteiger partial charge in [-0.3, -0.25) is 11.1 Å². The summed E-state index contributed by atoms with van der Waals surface area (Å²) < 4.78 is 0. The molecule has 9 nitrogen and oxygen atoms in total. The molecule has 0 amide bonds. The molecule has 0 unspecified atom stereocenters. The molecule has 28 heavy (non-hydrogen) atoms. The number of aromatic nitrogens is 1. The van der Waals surface area contributed by atoms with Gasteiger partial charge in [0.05, 0.1) is 0 Å². The number of nitrogens with zero attached hydrogens (tertiary/aromatic N) is 5. The Labute approximate surface area is 176 Å². The second-order valence-corrected chi connectivity index (χ2v) is 4.46. The number of rotatable bonds is 3. The minimum atomic E-state index is 0. The van der Waals surface area contributed by atoms with Crippen molar-refractivity contribution in [2.45, 2.75) is 34.6 Å². The fourth-order valence-corrected chi connectivity index (χ4v) is 0.720. The SMILES string of the molecule is C=CC=[C-]C.CC(=N\O)/C(C)=N/O.CC(=N\O)/C(C)=N/O.[Co].c1ccncc1. The second kappa shape index (κ2) is 26.2. The molecule has 0 bridgehead atoms. The molecular formula is C18H28CoN5O4-. The maximum Gasteiger partial charge on any atom is 0.101 e. The van der Waals surface area contributed by atoms with Crippen LogP contribution in [0.15, 0.2) is 69.9 Å². The molecule has 1 rings (SSSR count). The van der Waals surface area contributed by atoms with Crippen LogP contribution in [0.3, 0.4) is 0 Å². The van der Waals surface area contributed by atoms with Crippen molar-refractivity contribution in [1.29, 1.82) is 0 Å². The summed E-state index contributed by atoms with van der Waals surface area (Å²) in [6.45, 7) is 11.4. The van der Waals surface area contributed by atoms with E-state index in [9.17, 15) is 0 Å². The molecule has 0 aliphatic rings. The maximum absolute atomic E-state index is 8.03. The van der Waals surface area contributed by atoms with Crippen LogP contribution in [0, 0.1) is 6.08 Å². The van der Waals surface area contributed by atoms with E-state index in [0.717, 1.165) is 0 Å². The van der Waals surface area contributed by atoms with E-state index in [1.165, 1.54) is 27.7 Å². The van der Waals surface area contributed by atoms with E-state index in [-0.39, 0.29) is 16.8 Å². The third-order valence-corrected chi connectivity index (χ3v) is 2.50. The molecule has 4 N–H and O–H groups in total. The van der Waals surface area contributed by atoms with Crippen LogP contribution in [0.2, 0.25) is 0 Å². The van der Waals surface area contributed by atoms with Crippen molar-refractivity contribution >= 4 is 22.8 Å². The second-order valence-electron chi connectivity index (χ2n) is 4.46. The molecule has 0 atom stereocenters. The molecule has 0 aromatic carbocycles. The molecular weight excluding hydrogens is 409 g/mol. The smallest absolute Gasteiger partial charge is 0.101 e. The topological polar surface area (TPSA) is 143 Å². The third-order valence-electron chi connectivity index (χ3n) is 2.50. The van der Waals surface area contributed by atoms with Crippen LogP contribution in [0.5, 0.6) is 0 Å². The third kappa shape index (κ3) is 25.3. The van der Waals surface area contributed by atoms with E-state index in [4.69, 9.17) is 20.8 Å². The van der Waals surface area contributed by atoms with E-state index in [2.05, 4.69) is 38.3 Å². The summed E-state index contributed by atoms with van der Waals surface area (Å²) in [6, 6.07) is 5.72. The molecule has 1 aromatic rings. The van der Waals surface area contributed by atoms with E-state index in [1.807, 2.05) is 25.1 Å². The minimum absolute atomic E-state index is 0. The first-order chi connectivity index (χ1) is 12.9. The zero-order valence-corrected chi connectivity index (χ0v) is 17.6. The summed E-state index contributed by atoms with van der Waals surface area (Å²) in [4.78, 5) is 3.78. The van der Waals surface area contributed by atoms with Gasteiger partial charge < -0.3 is 20.8 Å². The maximum atomic E-state index is 8.03. The van der Waals surface area contributed by atoms with Gasteiger partial charge in [0.2, 0.25) is 0 Å². The summed E-state index contributed by atoms with van der Waals surface area (Å²) in [5, 5.41) is 43.3. The van der Waals surface area contributed by atoms with Crippen molar-refractivity contribution in [2.24, 2.45) is 20.6 Å². The Morgan fingerprint density at radius 1 is 0.786 bits per heavy atom. The molecule has 0 saturated heterocycles. The first-order valence-electron chi connectivity index (χ1n) is 7.57. The van der Waals surface area contributed by atoms with Crippen molar-refractivity contribution in [3.05, 3.63) is 55.4 Å². The molecule has 0 aliphatic heterocycles. The Kier molecular flexibility index (Phi) is 30.6. The van der Waals surface area contributed by atoms with Gasteiger partial charge in [0.15, 0.2) is 0 Å². The van der Waals surface area contributed by atoms with E-state index in [1.54, 1.807) is 24.5 Å². The zero-order chi connectivity index (χ0) is 21.5. The van der Waals surface area contributed by atoms with Crippen LogP contribution >= 0.6 is 0 Å². The average molecular weight is 437 g/mol. The molecule has 159 valence electrons. The minimum Gasteiger partial charge on any atom is -0.411 e. The Morgan fingerprint density at radius 3 is 1.18 bits per heavy atom. The number of allylic oxidation sites excluding steroid dienone is 3. The van der Waals surface area contributed by atoms with E-state index >= 15 is 0 Å². The van der Waals surface area contributed by atoms with Crippen molar-refractivity contribution in [1.82, 2.24) is 4.98 Å². The van der Waals surface area contributed by atoms with Crippen molar-refractivity contribution in [2.75, 3.05) is 0 Å². The van der Waals surface area contributed by atoms with Gasteiger partial charge in [-0.25, -0.2) is 12.2 Å². The molecule has 0 aliphatic carbocycles. The van der Waals surface area contributed by atoms with Crippen LogP contribution < -0.4 is 0 Å². The summed E-state index contributed by atoms with van der Waals surface area (Å²) >= 11 is 0. The Hall–Kier alpha value is -2.98. The number of pyridine rings is 1. The van der Waals surface area contributed by atoms with Crippen LogP contribution in [0.4, 0.5) is 0 Å². The number of hydrogen-bond donors (Lipinski definition) is 4. The van der Waals surface area contributed by atoms with Gasteiger partial charge in [0, 0.05) is 29.2 Å². The number of oxime groups is 4. The normalized spacial score (nSPS) is 11.5. The van der Waals surface area contributed by atoms with E-state index in [0.29, 0.717) is 22.8 Å². The zero-order valence-electron chi connectivity index (χ0n) is 16.6. The Balaban J connectivity index is -0.000000138. The van der Waals surface area contributed by atoms with Gasteiger partial charge in [-0.1, -0.05) is 26.7 Å². The Morgan fingerprint density at radius 2 is 1.11 bits per heavy atom. The largest absolute Gasteiger partial charge is 0.411 e. The predicted octanol–water partition coefficient (Wildman–Crippen LogP) is 4.00. The van der Waals surface area contributed by atoms with Gasteiger partial charge in [-0.2, -0.15) is 6.58 Å². The molecule has 0 fully saturated rings. The van der Waals surface area contributed by atoms with Crippen LogP contribution in [0.25, 0.3) is 0 Å². The molecule has 1 heterocycles. The quantitative estimate of drug-likeness (QED) is 0.186. The fraction of sp³-hybridized carbons (Fsp3) is 0.278. The average Bonchev–Trinajstić information content (AvgIpc) is 2.74. The van der Waals surface area contributed by atoms with Gasteiger partial charge in [-0.05, 0) is 39.8 Å². The first-order valence-corrected chi connectivity index (χ1v) is 7.57. The fourth-order valence-electron chi connectivity index (χ4n) is 0.720. The van der Waals surface area contributed by atoms with Crippen LogP contribution in [-0.2, 0) is 16.8 Å². The standard InChI is InChI=1S/C5H5N.C5H7.2C4H8N2O2.Co/c1-2-4-6-5-3-1;1-3-5-4-2;2*1-3(5-7)4(2)6-8;/h1-5H;3,5H,1H2,2H3;2*7-8H,1-2H3;/q;-1;;;/b;;2*5-3+,6-4+;. The van der Waals surface area contributed by atoms with Crippen LogP contribution in [-0.4, -0.2) is 48.7 Å². The first kappa shape index (κ1) is 32.7. The predicted molar refractivity (Wildman–Crippen MR) is 108 cm³/mol. The summed E-state index contributed by atoms with van der Waals surface area (Å²) in [5.41, 5.74) is 1.25.